The Kier molecular flexibility index (Phi) is 3.64. The zero-order valence-corrected chi connectivity index (χ0v) is 12.7. The van der Waals surface area contributed by atoms with E-state index in [0.717, 1.165) is 18.4 Å². The molecule has 2 aliphatic heterocycles. The summed E-state index contributed by atoms with van der Waals surface area (Å²) in [6, 6.07) is 8.54. The molecule has 4 nitrogen and oxygen atoms in total. The molecule has 2 heterocycles. The van der Waals surface area contributed by atoms with Crippen molar-refractivity contribution in [2.24, 2.45) is 0 Å². The Labute approximate surface area is 125 Å². The summed E-state index contributed by atoms with van der Waals surface area (Å²) in [5.41, 5.74) is 0.293. The van der Waals surface area contributed by atoms with Crippen molar-refractivity contribution < 1.29 is 9.84 Å². The van der Waals surface area contributed by atoms with Crippen LogP contribution in [0.15, 0.2) is 18.2 Å². The van der Waals surface area contributed by atoms with Gasteiger partial charge in [0.15, 0.2) is 0 Å². The SMILES string of the molecule is COc1cccc(C2(O)CC3CCCC(C2)N3C)c1C#N. The Morgan fingerprint density at radius 3 is 2.57 bits per heavy atom. The molecule has 21 heavy (non-hydrogen) atoms. The van der Waals surface area contributed by atoms with E-state index in [9.17, 15) is 10.4 Å². The number of ether oxygens (including phenoxy) is 1. The minimum Gasteiger partial charge on any atom is -0.495 e. The molecule has 2 saturated heterocycles. The average molecular weight is 286 g/mol. The molecule has 4 heteroatoms. The zero-order chi connectivity index (χ0) is 15.0. The number of rotatable bonds is 2. The molecule has 0 saturated carbocycles. The van der Waals surface area contributed by atoms with Crippen LogP contribution in [0.4, 0.5) is 0 Å². The molecular formula is C17H22N2O2. The topological polar surface area (TPSA) is 56.5 Å². The first-order valence-corrected chi connectivity index (χ1v) is 7.61. The Balaban J connectivity index is 2.02. The van der Waals surface area contributed by atoms with Gasteiger partial charge in [-0.15, -0.1) is 0 Å². The molecule has 2 atom stereocenters. The summed E-state index contributed by atoms with van der Waals surface area (Å²) >= 11 is 0. The zero-order valence-electron chi connectivity index (χ0n) is 12.7. The van der Waals surface area contributed by atoms with Crippen molar-refractivity contribution in [2.75, 3.05) is 14.2 Å². The molecular weight excluding hydrogens is 264 g/mol. The van der Waals surface area contributed by atoms with E-state index in [-0.39, 0.29) is 0 Å². The maximum atomic E-state index is 11.3. The third-order valence-electron chi connectivity index (χ3n) is 5.23. The van der Waals surface area contributed by atoms with Gasteiger partial charge >= 0.3 is 0 Å². The molecule has 2 unspecified atom stereocenters. The Morgan fingerprint density at radius 1 is 1.33 bits per heavy atom. The minimum atomic E-state index is -0.915. The predicted molar refractivity (Wildman–Crippen MR) is 80.0 cm³/mol. The van der Waals surface area contributed by atoms with E-state index >= 15 is 0 Å². The Morgan fingerprint density at radius 2 is 2.00 bits per heavy atom. The highest BCUT2D eigenvalue weighted by Gasteiger charge is 2.46. The number of nitrogens with zero attached hydrogens (tertiary/aromatic N) is 2. The van der Waals surface area contributed by atoms with E-state index in [0.29, 0.717) is 36.2 Å². The van der Waals surface area contributed by atoms with Crippen LogP contribution in [0.5, 0.6) is 5.75 Å². The van der Waals surface area contributed by atoms with E-state index in [1.54, 1.807) is 13.2 Å². The monoisotopic (exact) mass is 286 g/mol. The summed E-state index contributed by atoms with van der Waals surface area (Å²) in [5, 5.41) is 20.7. The minimum absolute atomic E-state index is 0.403. The second-order valence-electron chi connectivity index (χ2n) is 6.34. The highest BCUT2D eigenvalue weighted by atomic mass is 16.5. The van der Waals surface area contributed by atoms with Gasteiger partial charge in [-0.1, -0.05) is 18.6 Å². The van der Waals surface area contributed by atoms with Crippen molar-refractivity contribution >= 4 is 0 Å². The van der Waals surface area contributed by atoms with Crippen molar-refractivity contribution in [3.05, 3.63) is 29.3 Å². The average Bonchev–Trinajstić information content (AvgIpc) is 2.48. The van der Waals surface area contributed by atoms with Crippen LogP contribution < -0.4 is 4.74 Å². The van der Waals surface area contributed by atoms with Crippen molar-refractivity contribution in [3.63, 3.8) is 0 Å². The second kappa shape index (κ2) is 5.32. The molecule has 0 radical (unpaired) electrons. The first kappa shape index (κ1) is 14.4. The summed E-state index contributed by atoms with van der Waals surface area (Å²) in [6.45, 7) is 0. The summed E-state index contributed by atoms with van der Waals surface area (Å²) < 4.78 is 5.28. The van der Waals surface area contributed by atoms with Gasteiger partial charge in [-0.05, 0) is 38.8 Å². The van der Waals surface area contributed by atoms with Crippen LogP contribution in [0.1, 0.15) is 43.2 Å². The van der Waals surface area contributed by atoms with Crippen LogP contribution in [0.2, 0.25) is 0 Å². The molecule has 0 amide bonds. The molecule has 2 fully saturated rings. The third-order valence-corrected chi connectivity index (χ3v) is 5.23. The molecule has 2 bridgehead atoms. The van der Waals surface area contributed by atoms with E-state index in [1.807, 2.05) is 12.1 Å². The Hall–Kier alpha value is -1.57. The lowest BCUT2D eigenvalue weighted by atomic mass is 9.72. The fraction of sp³-hybridized carbons (Fsp3) is 0.588. The summed E-state index contributed by atoms with van der Waals surface area (Å²) in [6.07, 6.45) is 4.88. The summed E-state index contributed by atoms with van der Waals surface area (Å²) in [4.78, 5) is 2.41. The van der Waals surface area contributed by atoms with Gasteiger partial charge in [-0.2, -0.15) is 5.26 Å². The van der Waals surface area contributed by atoms with Crippen molar-refractivity contribution in [2.45, 2.75) is 49.8 Å². The molecule has 0 spiro atoms. The van der Waals surface area contributed by atoms with Crippen LogP contribution in [-0.4, -0.2) is 36.2 Å². The molecule has 1 aromatic carbocycles. The maximum absolute atomic E-state index is 11.3. The van der Waals surface area contributed by atoms with Crippen LogP contribution in [-0.2, 0) is 5.60 Å². The van der Waals surface area contributed by atoms with Gasteiger partial charge in [0, 0.05) is 17.6 Å². The van der Waals surface area contributed by atoms with Gasteiger partial charge in [0.1, 0.15) is 17.4 Å². The van der Waals surface area contributed by atoms with Gasteiger partial charge in [0.25, 0.3) is 0 Å². The second-order valence-corrected chi connectivity index (χ2v) is 6.34. The van der Waals surface area contributed by atoms with Crippen LogP contribution in [0, 0.1) is 11.3 Å². The first-order chi connectivity index (χ1) is 10.1. The molecule has 112 valence electrons. The fourth-order valence-corrected chi connectivity index (χ4v) is 4.07. The number of aliphatic hydroxyl groups is 1. The smallest absolute Gasteiger partial charge is 0.137 e. The fourth-order valence-electron chi connectivity index (χ4n) is 4.07. The van der Waals surface area contributed by atoms with Crippen molar-refractivity contribution in [1.82, 2.24) is 4.90 Å². The van der Waals surface area contributed by atoms with Gasteiger partial charge in [-0.25, -0.2) is 0 Å². The maximum Gasteiger partial charge on any atom is 0.137 e. The van der Waals surface area contributed by atoms with E-state index in [1.165, 1.54) is 6.42 Å². The number of nitriles is 1. The number of piperidine rings is 2. The van der Waals surface area contributed by atoms with Crippen molar-refractivity contribution in [1.29, 1.82) is 5.26 Å². The normalized spacial score (nSPS) is 32.5. The molecule has 2 aliphatic rings. The largest absolute Gasteiger partial charge is 0.495 e. The molecule has 0 aromatic heterocycles. The number of methoxy groups -OCH3 is 1. The number of benzene rings is 1. The van der Waals surface area contributed by atoms with Crippen LogP contribution in [0.3, 0.4) is 0 Å². The van der Waals surface area contributed by atoms with Gasteiger partial charge in [0.05, 0.1) is 12.7 Å². The van der Waals surface area contributed by atoms with E-state index in [2.05, 4.69) is 18.0 Å². The summed E-state index contributed by atoms with van der Waals surface area (Å²) in [7, 11) is 3.72. The van der Waals surface area contributed by atoms with Crippen molar-refractivity contribution in [3.8, 4) is 11.8 Å². The van der Waals surface area contributed by atoms with E-state index in [4.69, 9.17) is 4.74 Å². The quantitative estimate of drug-likeness (QED) is 0.907. The third kappa shape index (κ3) is 2.31. The lowest BCUT2D eigenvalue weighted by Gasteiger charge is -2.51. The number of hydrogen-bond acceptors (Lipinski definition) is 4. The number of fused-ring (bicyclic) bond motifs is 2. The highest BCUT2D eigenvalue weighted by molar-refractivity contribution is 5.51. The molecule has 1 aromatic rings. The number of hydrogen-bond donors (Lipinski definition) is 1. The first-order valence-electron chi connectivity index (χ1n) is 7.61. The molecule has 0 aliphatic carbocycles. The van der Waals surface area contributed by atoms with Gasteiger partial charge in [-0.3, -0.25) is 0 Å². The van der Waals surface area contributed by atoms with E-state index < -0.39 is 5.60 Å². The van der Waals surface area contributed by atoms with Crippen LogP contribution in [0.25, 0.3) is 0 Å². The van der Waals surface area contributed by atoms with Gasteiger partial charge < -0.3 is 14.7 Å². The molecule has 1 N–H and O–H groups in total. The predicted octanol–water partition coefficient (Wildman–Crippen LogP) is 2.40. The lowest BCUT2D eigenvalue weighted by Crippen LogP contribution is -2.55. The molecule has 3 rings (SSSR count). The Bertz CT molecular complexity index is 565. The summed E-state index contributed by atoms with van der Waals surface area (Å²) in [5.74, 6) is 0.549. The van der Waals surface area contributed by atoms with Crippen LogP contribution >= 0.6 is 0 Å². The standard InChI is InChI=1S/C17H22N2O2/c1-19-12-5-3-6-13(19)10-17(20,9-12)15-7-4-8-16(21-2)14(15)11-18/h4,7-8,12-13,20H,3,5-6,9-10H2,1-2H3. The highest BCUT2D eigenvalue weighted by Crippen LogP contribution is 2.45. The van der Waals surface area contributed by atoms with Gasteiger partial charge in [0.2, 0.25) is 0 Å². The lowest BCUT2D eigenvalue weighted by molar-refractivity contribution is -0.0876.